The van der Waals surface area contributed by atoms with Crippen LogP contribution in [-0.4, -0.2) is 23.1 Å². The van der Waals surface area contributed by atoms with Crippen LogP contribution in [0, 0.1) is 12.3 Å². The van der Waals surface area contributed by atoms with E-state index in [1.165, 1.54) is 25.7 Å². The summed E-state index contributed by atoms with van der Waals surface area (Å²) in [7, 11) is 2.12. The second kappa shape index (κ2) is 5.68. The first-order valence-electron chi connectivity index (χ1n) is 7.30. The molecule has 0 radical (unpaired) electrons. The van der Waals surface area contributed by atoms with Gasteiger partial charge in [0, 0.05) is 19.3 Å². The van der Waals surface area contributed by atoms with Crippen LogP contribution in [0.25, 0.3) is 0 Å². The van der Waals surface area contributed by atoms with Crippen molar-refractivity contribution in [1.82, 2.24) is 4.98 Å². The fourth-order valence-corrected chi connectivity index (χ4v) is 3.31. The molecule has 0 aliphatic heterocycles. The van der Waals surface area contributed by atoms with Crippen LogP contribution in [0.1, 0.15) is 50.7 Å². The van der Waals surface area contributed by atoms with Crippen LogP contribution in [-0.2, 0) is 0 Å². The highest BCUT2D eigenvalue weighted by atomic mass is 32.1. The van der Waals surface area contributed by atoms with Gasteiger partial charge in [-0.05, 0) is 49.7 Å². The summed E-state index contributed by atoms with van der Waals surface area (Å²) >= 11 is 5.21. The first-order chi connectivity index (χ1) is 9.32. The first-order valence-corrected chi connectivity index (χ1v) is 7.71. The summed E-state index contributed by atoms with van der Waals surface area (Å²) in [4.78, 5) is 7.24. The molecule has 0 aromatic carbocycles. The highest BCUT2D eigenvalue weighted by molar-refractivity contribution is 7.80. The largest absolute Gasteiger partial charge is 0.389 e. The second-order valence-corrected chi connectivity index (χ2v) is 7.14. The van der Waals surface area contributed by atoms with E-state index in [1.807, 2.05) is 19.2 Å². The van der Waals surface area contributed by atoms with Gasteiger partial charge in [-0.1, -0.05) is 26.1 Å². The van der Waals surface area contributed by atoms with Crippen molar-refractivity contribution in [3.8, 4) is 0 Å². The number of hydrogen-bond acceptors (Lipinski definition) is 3. The van der Waals surface area contributed by atoms with Crippen LogP contribution in [0.4, 0.5) is 5.82 Å². The molecule has 0 atom stereocenters. The van der Waals surface area contributed by atoms with E-state index in [0.29, 0.717) is 16.4 Å². The van der Waals surface area contributed by atoms with Gasteiger partial charge in [0.05, 0.1) is 5.56 Å². The van der Waals surface area contributed by atoms with Gasteiger partial charge in [0.2, 0.25) is 0 Å². The quantitative estimate of drug-likeness (QED) is 0.866. The van der Waals surface area contributed by atoms with Gasteiger partial charge in [-0.25, -0.2) is 4.98 Å². The molecular formula is C16H25N3S. The van der Waals surface area contributed by atoms with Crippen molar-refractivity contribution in [3.63, 3.8) is 0 Å². The van der Waals surface area contributed by atoms with Crippen molar-refractivity contribution in [1.29, 1.82) is 0 Å². The van der Waals surface area contributed by atoms with Crippen LogP contribution in [0.15, 0.2) is 12.3 Å². The van der Waals surface area contributed by atoms with Gasteiger partial charge in [0.15, 0.2) is 0 Å². The molecule has 0 spiro atoms. The molecule has 1 aliphatic carbocycles. The predicted molar refractivity (Wildman–Crippen MR) is 89.3 cm³/mol. The molecule has 0 amide bonds. The molecule has 1 heterocycles. The molecule has 0 saturated heterocycles. The Morgan fingerprint density at radius 1 is 1.40 bits per heavy atom. The maximum absolute atomic E-state index is 5.89. The van der Waals surface area contributed by atoms with Crippen LogP contribution < -0.4 is 10.6 Å². The Labute approximate surface area is 127 Å². The van der Waals surface area contributed by atoms with Crippen molar-refractivity contribution in [2.75, 3.05) is 11.9 Å². The monoisotopic (exact) mass is 291 g/mol. The first kappa shape index (κ1) is 15.2. The lowest BCUT2D eigenvalue weighted by molar-refractivity contribution is 0.222. The van der Waals surface area contributed by atoms with Crippen LogP contribution in [0.3, 0.4) is 0 Å². The average Bonchev–Trinajstić information content (AvgIpc) is 2.37. The number of aromatic nitrogens is 1. The van der Waals surface area contributed by atoms with Crippen LogP contribution in [0.5, 0.6) is 0 Å². The Balaban J connectivity index is 2.24. The Morgan fingerprint density at radius 2 is 2.00 bits per heavy atom. The molecule has 4 heteroatoms. The molecular weight excluding hydrogens is 266 g/mol. The minimum Gasteiger partial charge on any atom is -0.389 e. The molecule has 20 heavy (non-hydrogen) atoms. The van der Waals surface area contributed by atoms with Crippen molar-refractivity contribution in [2.24, 2.45) is 11.1 Å². The van der Waals surface area contributed by atoms with Crippen LogP contribution in [0.2, 0.25) is 0 Å². The summed E-state index contributed by atoms with van der Waals surface area (Å²) in [5.74, 6) is 0.933. The minimum absolute atomic E-state index is 0.439. The number of nitrogens with zero attached hydrogens (tertiary/aromatic N) is 2. The Bertz CT molecular complexity index is 500. The third kappa shape index (κ3) is 3.11. The molecule has 3 nitrogen and oxygen atoms in total. The standard InChI is InChI=1S/C16H25N3S/c1-11-7-10-18-15(13(11)14(17)20)19(4)12-5-8-16(2,3)9-6-12/h7,10,12H,5-6,8-9H2,1-4H3,(H2,17,20). The zero-order chi connectivity index (χ0) is 14.9. The number of anilines is 1. The van der Waals surface area contributed by atoms with Gasteiger partial charge in [-0.15, -0.1) is 0 Å². The molecule has 110 valence electrons. The lowest BCUT2D eigenvalue weighted by atomic mass is 9.75. The summed E-state index contributed by atoms with van der Waals surface area (Å²) in [5.41, 5.74) is 8.39. The average molecular weight is 291 g/mol. The van der Waals surface area contributed by atoms with E-state index in [-0.39, 0.29) is 0 Å². The minimum atomic E-state index is 0.439. The normalized spacial score (nSPS) is 18.8. The number of pyridine rings is 1. The van der Waals surface area contributed by atoms with E-state index < -0.39 is 0 Å². The summed E-state index contributed by atoms with van der Waals surface area (Å²) in [6.45, 7) is 6.75. The van der Waals surface area contributed by atoms with Crippen molar-refractivity contribution >= 4 is 23.0 Å². The Kier molecular flexibility index (Phi) is 4.33. The van der Waals surface area contributed by atoms with Crippen molar-refractivity contribution in [3.05, 3.63) is 23.4 Å². The van der Waals surface area contributed by atoms with E-state index >= 15 is 0 Å². The maximum Gasteiger partial charge on any atom is 0.139 e. The molecule has 1 aliphatic rings. The predicted octanol–water partition coefficient (Wildman–Crippen LogP) is 3.43. The molecule has 1 aromatic heterocycles. The molecule has 2 N–H and O–H groups in total. The van der Waals surface area contributed by atoms with Gasteiger partial charge in [0.25, 0.3) is 0 Å². The van der Waals surface area contributed by atoms with E-state index in [0.717, 1.165) is 16.9 Å². The van der Waals surface area contributed by atoms with Crippen LogP contribution >= 0.6 is 12.2 Å². The van der Waals surface area contributed by atoms with E-state index in [1.54, 1.807) is 0 Å². The topological polar surface area (TPSA) is 42.2 Å². The lowest BCUT2D eigenvalue weighted by Gasteiger charge is -2.39. The molecule has 2 rings (SSSR count). The summed E-state index contributed by atoms with van der Waals surface area (Å²) in [6, 6.07) is 2.50. The molecule has 1 aromatic rings. The number of nitrogens with two attached hydrogens (primary N) is 1. The number of hydrogen-bond donors (Lipinski definition) is 1. The van der Waals surface area contributed by atoms with Gasteiger partial charge >= 0.3 is 0 Å². The Hall–Kier alpha value is -1.16. The van der Waals surface area contributed by atoms with Gasteiger partial charge < -0.3 is 10.6 Å². The van der Waals surface area contributed by atoms with Crippen molar-refractivity contribution in [2.45, 2.75) is 52.5 Å². The summed E-state index contributed by atoms with van der Waals surface area (Å²) in [6.07, 6.45) is 6.77. The third-order valence-electron chi connectivity index (χ3n) is 4.58. The van der Waals surface area contributed by atoms with Gasteiger partial charge in [-0.2, -0.15) is 0 Å². The molecule has 1 fully saturated rings. The number of aryl methyl sites for hydroxylation is 1. The van der Waals surface area contributed by atoms with E-state index in [2.05, 4.69) is 30.8 Å². The highest BCUT2D eigenvalue weighted by Gasteiger charge is 2.30. The molecule has 0 bridgehead atoms. The zero-order valence-corrected chi connectivity index (χ0v) is 13.8. The highest BCUT2D eigenvalue weighted by Crippen LogP contribution is 2.38. The number of rotatable bonds is 3. The summed E-state index contributed by atoms with van der Waals surface area (Å²) < 4.78 is 0. The Morgan fingerprint density at radius 3 is 2.55 bits per heavy atom. The summed E-state index contributed by atoms with van der Waals surface area (Å²) in [5, 5.41) is 0. The maximum atomic E-state index is 5.89. The fourth-order valence-electron chi connectivity index (χ4n) is 3.06. The van der Waals surface area contributed by atoms with Gasteiger partial charge in [-0.3, -0.25) is 0 Å². The zero-order valence-electron chi connectivity index (χ0n) is 12.9. The fraction of sp³-hybridized carbons (Fsp3) is 0.625. The SMILES string of the molecule is Cc1ccnc(N(C)C2CCC(C)(C)CC2)c1C(N)=S. The van der Waals surface area contributed by atoms with Gasteiger partial charge in [0.1, 0.15) is 10.8 Å². The lowest BCUT2D eigenvalue weighted by Crippen LogP contribution is -2.38. The van der Waals surface area contributed by atoms with E-state index in [4.69, 9.17) is 18.0 Å². The second-order valence-electron chi connectivity index (χ2n) is 6.70. The van der Waals surface area contributed by atoms with E-state index in [9.17, 15) is 0 Å². The van der Waals surface area contributed by atoms with Crippen molar-refractivity contribution < 1.29 is 0 Å². The smallest absolute Gasteiger partial charge is 0.139 e. The molecule has 1 saturated carbocycles. The number of thiocarbonyl (C=S) groups is 1. The third-order valence-corrected chi connectivity index (χ3v) is 4.78. The molecule has 0 unspecified atom stereocenters.